The molecule has 2 N–H and O–H groups in total. The SMILES string of the molecule is CCNC(=O)NC(=O)[C@@H](C)OC(=O)[C@@H](C(C)C)N1C(=O)c2ccccc2C1=O. The van der Waals surface area contributed by atoms with E-state index in [1.54, 1.807) is 32.9 Å². The van der Waals surface area contributed by atoms with Crippen molar-refractivity contribution in [1.82, 2.24) is 15.5 Å². The molecule has 28 heavy (non-hydrogen) atoms. The van der Waals surface area contributed by atoms with Gasteiger partial charge in [-0.3, -0.25) is 24.6 Å². The van der Waals surface area contributed by atoms with E-state index in [1.165, 1.54) is 19.1 Å². The molecule has 0 bridgehead atoms. The molecule has 1 aromatic rings. The van der Waals surface area contributed by atoms with Crippen LogP contribution in [-0.4, -0.2) is 53.3 Å². The van der Waals surface area contributed by atoms with Crippen LogP contribution in [0.4, 0.5) is 4.79 Å². The van der Waals surface area contributed by atoms with Crippen molar-refractivity contribution in [2.24, 2.45) is 5.92 Å². The number of ether oxygens (including phenoxy) is 1. The standard InChI is InChI=1S/C19H23N3O6/c1-5-20-19(27)21-15(23)11(4)28-18(26)14(10(2)3)22-16(24)12-8-6-7-9-13(12)17(22)25/h6-11,14H,5H2,1-4H3,(H2,20,21,23,27)/t11-,14-/m1/s1. The van der Waals surface area contributed by atoms with Gasteiger partial charge in [0.1, 0.15) is 6.04 Å². The van der Waals surface area contributed by atoms with Gasteiger partial charge < -0.3 is 10.1 Å². The van der Waals surface area contributed by atoms with Gasteiger partial charge in [-0.2, -0.15) is 0 Å². The van der Waals surface area contributed by atoms with E-state index in [1.807, 2.05) is 5.32 Å². The van der Waals surface area contributed by atoms with Crippen LogP contribution in [0.25, 0.3) is 0 Å². The Hall–Kier alpha value is -3.23. The van der Waals surface area contributed by atoms with E-state index in [0.29, 0.717) is 6.54 Å². The number of hydrogen-bond acceptors (Lipinski definition) is 6. The lowest BCUT2D eigenvalue weighted by atomic mass is 10.0. The van der Waals surface area contributed by atoms with E-state index in [-0.39, 0.29) is 11.1 Å². The Morgan fingerprint density at radius 3 is 2.04 bits per heavy atom. The van der Waals surface area contributed by atoms with E-state index in [4.69, 9.17) is 4.74 Å². The largest absolute Gasteiger partial charge is 0.451 e. The van der Waals surface area contributed by atoms with Crippen molar-refractivity contribution >= 4 is 29.7 Å². The van der Waals surface area contributed by atoms with E-state index >= 15 is 0 Å². The highest BCUT2D eigenvalue weighted by Gasteiger charge is 2.45. The first-order valence-electron chi connectivity index (χ1n) is 8.95. The van der Waals surface area contributed by atoms with Crippen LogP contribution in [0.3, 0.4) is 0 Å². The Morgan fingerprint density at radius 1 is 1.04 bits per heavy atom. The minimum Gasteiger partial charge on any atom is -0.451 e. The highest BCUT2D eigenvalue weighted by molar-refractivity contribution is 6.22. The molecular weight excluding hydrogens is 366 g/mol. The lowest BCUT2D eigenvalue weighted by molar-refractivity contribution is -0.159. The van der Waals surface area contributed by atoms with Crippen LogP contribution < -0.4 is 10.6 Å². The van der Waals surface area contributed by atoms with Crippen LogP contribution >= 0.6 is 0 Å². The molecule has 0 saturated heterocycles. The summed E-state index contributed by atoms with van der Waals surface area (Å²) >= 11 is 0. The first-order valence-corrected chi connectivity index (χ1v) is 8.95. The zero-order valence-corrected chi connectivity index (χ0v) is 16.1. The van der Waals surface area contributed by atoms with Gasteiger partial charge in [0.25, 0.3) is 17.7 Å². The normalized spacial score (nSPS) is 15.1. The van der Waals surface area contributed by atoms with Crippen molar-refractivity contribution < 1.29 is 28.7 Å². The Bertz CT molecular complexity index is 785. The highest BCUT2D eigenvalue weighted by atomic mass is 16.5. The number of fused-ring (bicyclic) bond motifs is 1. The maximum Gasteiger partial charge on any atom is 0.330 e. The number of nitrogens with zero attached hydrogens (tertiary/aromatic N) is 1. The number of urea groups is 1. The fraction of sp³-hybridized carbons (Fsp3) is 0.421. The summed E-state index contributed by atoms with van der Waals surface area (Å²) in [7, 11) is 0. The second-order valence-electron chi connectivity index (χ2n) is 6.64. The van der Waals surface area contributed by atoms with Crippen molar-refractivity contribution in [2.75, 3.05) is 6.54 Å². The van der Waals surface area contributed by atoms with Gasteiger partial charge >= 0.3 is 12.0 Å². The minimum absolute atomic E-state index is 0.216. The molecule has 1 aromatic carbocycles. The van der Waals surface area contributed by atoms with Crippen LogP contribution in [-0.2, 0) is 14.3 Å². The molecule has 0 radical (unpaired) electrons. The van der Waals surface area contributed by atoms with Crippen LogP contribution in [0.5, 0.6) is 0 Å². The molecule has 0 aliphatic carbocycles. The summed E-state index contributed by atoms with van der Waals surface area (Å²) < 4.78 is 5.15. The van der Waals surface area contributed by atoms with Crippen molar-refractivity contribution in [3.05, 3.63) is 35.4 Å². The molecule has 2 atom stereocenters. The molecule has 0 saturated carbocycles. The molecule has 150 valence electrons. The van der Waals surface area contributed by atoms with E-state index < -0.39 is 47.8 Å². The number of rotatable bonds is 6. The van der Waals surface area contributed by atoms with Gasteiger partial charge in [0.15, 0.2) is 6.10 Å². The van der Waals surface area contributed by atoms with Crippen LogP contribution in [0.2, 0.25) is 0 Å². The van der Waals surface area contributed by atoms with Crippen LogP contribution in [0.15, 0.2) is 24.3 Å². The molecule has 0 fully saturated rings. The first-order chi connectivity index (χ1) is 13.2. The number of carbonyl (C=O) groups is 5. The van der Waals surface area contributed by atoms with Gasteiger partial charge in [0.2, 0.25) is 0 Å². The molecule has 0 spiro atoms. The lowest BCUT2D eigenvalue weighted by Gasteiger charge is -2.28. The molecular formula is C19H23N3O6. The van der Waals surface area contributed by atoms with Crippen molar-refractivity contribution in [2.45, 2.75) is 39.8 Å². The number of benzene rings is 1. The predicted molar refractivity (Wildman–Crippen MR) is 98.3 cm³/mol. The predicted octanol–water partition coefficient (Wildman–Crippen LogP) is 1.08. The fourth-order valence-corrected chi connectivity index (χ4v) is 2.85. The maximum atomic E-state index is 12.7. The number of esters is 1. The average Bonchev–Trinajstić information content (AvgIpc) is 2.87. The Kier molecular flexibility index (Phi) is 6.50. The van der Waals surface area contributed by atoms with Gasteiger partial charge in [0, 0.05) is 6.54 Å². The molecule has 0 unspecified atom stereocenters. The van der Waals surface area contributed by atoms with Crippen molar-refractivity contribution in [3.8, 4) is 0 Å². The Labute approximate surface area is 162 Å². The third-order valence-corrected chi connectivity index (χ3v) is 4.21. The molecule has 9 heteroatoms. The van der Waals surface area contributed by atoms with Crippen LogP contribution in [0, 0.1) is 5.92 Å². The number of carbonyl (C=O) groups excluding carboxylic acids is 5. The first kappa shape index (κ1) is 21.1. The third kappa shape index (κ3) is 4.19. The number of nitrogens with one attached hydrogen (secondary N) is 2. The summed E-state index contributed by atoms with van der Waals surface area (Å²) in [5.41, 5.74) is 0.431. The van der Waals surface area contributed by atoms with Gasteiger partial charge in [-0.25, -0.2) is 9.59 Å². The zero-order valence-electron chi connectivity index (χ0n) is 16.1. The van der Waals surface area contributed by atoms with Crippen molar-refractivity contribution in [1.29, 1.82) is 0 Å². The summed E-state index contributed by atoms with van der Waals surface area (Å²) in [5.74, 6) is -3.34. The Morgan fingerprint density at radius 2 is 1.57 bits per heavy atom. The number of imide groups is 2. The molecule has 2 rings (SSSR count). The minimum atomic E-state index is -1.29. The summed E-state index contributed by atoms with van der Waals surface area (Å²) in [4.78, 5) is 62.3. The van der Waals surface area contributed by atoms with Gasteiger partial charge in [-0.1, -0.05) is 26.0 Å². The highest BCUT2D eigenvalue weighted by Crippen LogP contribution is 2.27. The van der Waals surface area contributed by atoms with Gasteiger partial charge in [-0.05, 0) is 31.9 Å². The van der Waals surface area contributed by atoms with E-state index in [0.717, 1.165) is 4.90 Å². The number of hydrogen-bond donors (Lipinski definition) is 2. The lowest BCUT2D eigenvalue weighted by Crippen LogP contribution is -2.51. The van der Waals surface area contributed by atoms with Gasteiger partial charge in [-0.15, -0.1) is 0 Å². The smallest absolute Gasteiger partial charge is 0.330 e. The zero-order chi connectivity index (χ0) is 21.0. The molecule has 1 heterocycles. The van der Waals surface area contributed by atoms with Crippen molar-refractivity contribution in [3.63, 3.8) is 0 Å². The maximum absolute atomic E-state index is 12.7. The second-order valence-corrected chi connectivity index (χ2v) is 6.64. The summed E-state index contributed by atoms with van der Waals surface area (Å²) in [6.45, 7) is 6.63. The molecule has 1 aliphatic heterocycles. The monoisotopic (exact) mass is 389 g/mol. The quantitative estimate of drug-likeness (QED) is 0.555. The average molecular weight is 389 g/mol. The van der Waals surface area contributed by atoms with Gasteiger partial charge in [0.05, 0.1) is 11.1 Å². The molecule has 1 aliphatic rings. The molecule has 5 amide bonds. The summed E-state index contributed by atoms with van der Waals surface area (Å²) in [5, 5.41) is 4.42. The van der Waals surface area contributed by atoms with Crippen LogP contribution in [0.1, 0.15) is 48.4 Å². The Balaban J connectivity index is 2.15. The number of amides is 5. The fourth-order valence-electron chi connectivity index (χ4n) is 2.85. The summed E-state index contributed by atoms with van der Waals surface area (Å²) in [6, 6.07) is 4.37. The topological polar surface area (TPSA) is 122 Å². The summed E-state index contributed by atoms with van der Waals surface area (Å²) in [6.07, 6.45) is -1.29. The molecule has 9 nitrogen and oxygen atoms in total. The second kappa shape index (κ2) is 8.64. The molecule has 0 aromatic heterocycles. The third-order valence-electron chi connectivity index (χ3n) is 4.21. The van der Waals surface area contributed by atoms with E-state index in [9.17, 15) is 24.0 Å². The van der Waals surface area contributed by atoms with E-state index in [2.05, 4.69) is 5.32 Å².